The fourth-order valence-corrected chi connectivity index (χ4v) is 3.15. The maximum absolute atomic E-state index is 6.02. The number of hydroxylamine groups is 1. The smallest absolute Gasteiger partial charge is 0.228 e. The Hall–Kier alpha value is -2.38. The van der Waals surface area contributed by atoms with E-state index in [1.807, 2.05) is 43.3 Å². The second-order valence-corrected chi connectivity index (χ2v) is 6.59. The summed E-state index contributed by atoms with van der Waals surface area (Å²) in [6, 6.07) is 11.6. The van der Waals surface area contributed by atoms with Crippen LogP contribution in [0.5, 0.6) is 5.88 Å². The number of methoxy groups -OCH3 is 1. The van der Waals surface area contributed by atoms with E-state index >= 15 is 0 Å². The Kier molecular flexibility index (Phi) is 4.19. The van der Waals surface area contributed by atoms with Crippen LogP contribution in [0, 0.1) is 6.92 Å². The fraction of sp³-hybridized carbons (Fsp3) is 0.222. The molecule has 0 saturated heterocycles. The van der Waals surface area contributed by atoms with E-state index in [-0.39, 0.29) is 6.04 Å². The van der Waals surface area contributed by atoms with Crippen LogP contribution in [0.25, 0.3) is 11.0 Å². The van der Waals surface area contributed by atoms with E-state index in [2.05, 4.69) is 26.4 Å². The van der Waals surface area contributed by atoms with Crippen molar-refractivity contribution in [2.24, 2.45) is 4.99 Å². The number of pyridine rings is 1. The number of benzene rings is 1. The summed E-state index contributed by atoms with van der Waals surface area (Å²) in [6.45, 7) is 2.41. The van der Waals surface area contributed by atoms with Gasteiger partial charge < -0.3 is 9.15 Å². The molecule has 3 aromatic rings. The number of rotatable bonds is 3. The molecule has 4 rings (SSSR count). The third-order valence-corrected chi connectivity index (χ3v) is 4.64. The Morgan fingerprint density at radius 1 is 1.28 bits per heavy atom. The highest BCUT2D eigenvalue weighted by Crippen LogP contribution is 2.30. The third kappa shape index (κ3) is 3.01. The van der Waals surface area contributed by atoms with Gasteiger partial charge in [0.25, 0.3) is 0 Å². The summed E-state index contributed by atoms with van der Waals surface area (Å²) >= 11 is 3.40. The van der Waals surface area contributed by atoms with Gasteiger partial charge in [0.2, 0.25) is 5.88 Å². The topological polar surface area (TPSA) is 68.9 Å². The first-order valence-corrected chi connectivity index (χ1v) is 8.60. The highest BCUT2D eigenvalue weighted by molar-refractivity contribution is 9.10. The molecule has 3 heterocycles. The average molecular weight is 402 g/mol. The molecule has 1 unspecified atom stereocenters. The Morgan fingerprint density at radius 3 is 2.96 bits per heavy atom. The molecule has 1 aliphatic heterocycles. The third-order valence-electron chi connectivity index (χ3n) is 4.03. The van der Waals surface area contributed by atoms with E-state index in [1.54, 1.807) is 7.11 Å². The number of hydrogen-bond acceptors (Lipinski definition) is 6. The quantitative estimate of drug-likeness (QED) is 0.719. The zero-order valence-corrected chi connectivity index (χ0v) is 15.3. The minimum atomic E-state index is -0.237. The second kappa shape index (κ2) is 6.50. The van der Waals surface area contributed by atoms with E-state index in [1.165, 1.54) is 0 Å². The number of nitrogens with one attached hydrogen (secondary N) is 1. The molecule has 1 N–H and O–H groups in total. The predicted octanol–water partition coefficient (Wildman–Crippen LogP) is 3.93. The number of aromatic nitrogens is 1. The van der Waals surface area contributed by atoms with Crippen LogP contribution in [0.3, 0.4) is 0 Å². The predicted molar refractivity (Wildman–Crippen MR) is 97.8 cm³/mol. The van der Waals surface area contributed by atoms with Gasteiger partial charge in [0.1, 0.15) is 29.7 Å². The van der Waals surface area contributed by atoms with Crippen molar-refractivity contribution < 1.29 is 14.0 Å². The number of para-hydroxylation sites is 1. The minimum absolute atomic E-state index is 0.237. The largest absolute Gasteiger partial charge is 0.480 e. The van der Waals surface area contributed by atoms with Crippen molar-refractivity contribution in [3.8, 4) is 5.88 Å². The van der Waals surface area contributed by atoms with E-state index in [4.69, 9.17) is 19.0 Å². The number of halogens is 1. The maximum atomic E-state index is 6.02. The van der Waals surface area contributed by atoms with E-state index < -0.39 is 0 Å². The van der Waals surface area contributed by atoms with Gasteiger partial charge in [-0.15, -0.1) is 0 Å². The van der Waals surface area contributed by atoms with E-state index in [9.17, 15) is 0 Å². The molecule has 0 aliphatic carbocycles. The lowest BCUT2D eigenvalue weighted by molar-refractivity contribution is 0.0580. The van der Waals surface area contributed by atoms with Crippen LogP contribution in [0.1, 0.15) is 23.1 Å². The molecule has 2 aromatic heterocycles. The Bertz CT molecular complexity index is 967. The molecular weight excluding hydrogens is 386 g/mol. The van der Waals surface area contributed by atoms with Crippen LogP contribution in [0.4, 0.5) is 0 Å². The maximum Gasteiger partial charge on any atom is 0.228 e. The van der Waals surface area contributed by atoms with Crippen LogP contribution in [-0.2, 0) is 4.84 Å². The molecule has 0 fully saturated rings. The van der Waals surface area contributed by atoms with Crippen molar-refractivity contribution in [2.75, 3.05) is 13.7 Å². The number of nitrogens with zero attached hydrogens (tertiary/aromatic N) is 2. The van der Waals surface area contributed by atoms with Crippen LogP contribution in [0.15, 0.2) is 50.3 Å². The lowest BCUT2D eigenvalue weighted by Crippen LogP contribution is -2.33. The zero-order chi connectivity index (χ0) is 17.4. The lowest BCUT2D eigenvalue weighted by Gasteiger charge is -2.20. The molecule has 25 heavy (non-hydrogen) atoms. The van der Waals surface area contributed by atoms with Gasteiger partial charge in [0.05, 0.1) is 11.6 Å². The summed E-state index contributed by atoms with van der Waals surface area (Å²) in [4.78, 5) is 14.6. The van der Waals surface area contributed by atoms with Gasteiger partial charge in [-0.05, 0) is 46.6 Å². The van der Waals surface area contributed by atoms with E-state index in [0.717, 1.165) is 26.8 Å². The second-order valence-electron chi connectivity index (χ2n) is 5.74. The summed E-state index contributed by atoms with van der Waals surface area (Å²) in [5.74, 6) is 1.80. The molecule has 0 radical (unpaired) electrons. The minimum Gasteiger partial charge on any atom is -0.480 e. The number of hydrogen-bond donors (Lipinski definition) is 1. The average Bonchev–Trinajstić information content (AvgIpc) is 3.08. The Labute approximate surface area is 152 Å². The molecule has 0 saturated carbocycles. The first-order chi connectivity index (χ1) is 12.2. The van der Waals surface area contributed by atoms with Gasteiger partial charge in [0, 0.05) is 5.39 Å². The summed E-state index contributed by atoms with van der Waals surface area (Å²) in [5.41, 5.74) is 5.45. The monoisotopic (exact) mass is 401 g/mol. The molecule has 7 heteroatoms. The molecule has 6 nitrogen and oxygen atoms in total. The molecule has 128 valence electrons. The fourth-order valence-electron chi connectivity index (χ4n) is 2.76. The molecule has 1 aromatic carbocycles. The van der Waals surface area contributed by atoms with Gasteiger partial charge in [-0.3, -0.25) is 9.83 Å². The van der Waals surface area contributed by atoms with Gasteiger partial charge in [0.15, 0.2) is 5.84 Å². The summed E-state index contributed by atoms with van der Waals surface area (Å²) in [5, 5.41) is 1.06. The number of ether oxygens (including phenoxy) is 1. The van der Waals surface area contributed by atoms with E-state index in [0.29, 0.717) is 24.0 Å². The molecule has 1 atom stereocenters. The van der Waals surface area contributed by atoms with Crippen LogP contribution in [-0.4, -0.2) is 24.5 Å². The van der Waals surface area contributed by atoms with Crippen molar-refractivity contribution in [2.45, 2.75) is 13.0 Å². The summed E-state index contributed by atoms with van der Waals surface area (Å²) in [7, 11) is 1.57. The first-order valence-electron chi connectivity index (χ1n) is 7.81. The van der Waals surface area contributed by atoms with Crippen LogP contribution >= 0.6 is 15.9 Å². The molecule has 0 amide bonds. The van der Waals surface area contributed by atoms with Crippen LogP contribution in [0.2, 0.25) is 0 Å². The highest BCUT2D eigenvalue weighted by Gasteiger charge is 2.23. The normalized spacial score (nSPS) is 17.2. The first kappa shape index (κ1) is 16.1. The number of furan rings is 1. The van der Waals surface area contributed by atoms with Crippen molar-refractivity contribution in [1.29, 1.82) is 0 Å². The SMILES string of the molecule is COc1nc(C2=NC(c3cc4cccc(C)c4o3)CON2)ccc1Br. The van der Waals surface area contributed by atoms with Gasteiger partial charge in [-0.2, -0.15) is 0 Å². The summed E-state index contributed by atoms with van der Waals surface area (Å²) < 4.78 is 12.0. The number of amidine groups is 1. The van der Waals surface area contributed by atoms with Gasteiger partial charge >= 0.3 is 0 Å². The van der Waals surface area contributed by atoms with Crippen LogP contribution < -0.4 is 10.2 Å². The molecule has 0 bridgehead atoms. The van der Waals surface area contributed by atoms with Crippen molar-refractivity contribution in [3.05, 3.63) is 57.9 Å². The molecule has 1 aliphatic rings. The van der Waals surface area contributed by atoms with Gasteiger partial charge in [-0.1, -0.05) is 18.2 Å². The summed E-state index contributed by atoms with van der Waals surface area (Å²) in [6.07, 6.45) is 0. The number of fused-ring (bicyclic) bond motifs is 1. The van der Waals surface area contributed by atoms with Crippen molar-refractivity contribution in [1.82, 2.24) is 10.5 Å². The highest BCUT2D eigenvalue weighted by atomic mass is 79.9. The number of aliphatic imine (C=N–C) groups is 1. The standard InChI is InChI=1S/C18H16BrN3O3/c1-10-4-3-5-11-8-15(25-16(10)11)14-9-24-22-17(20-14)13-7-6-12(19)18(21-13)23-2/h3-8,14H,9H2,1-2H3,(H,20,22). The zero-order valence-electron chi connectivity index (χ0n) is 13.7. The van der Waals surface area contributed by atoms with Gasteiger partial charge in [-0.25, -0.2) is 10.5 Å². The van der Waals surface area contributed by atoms with Crippen molar-refractivity contribution >= 4 is 32.7 Å². The lowest BCUT2D eigenvalue weighted by atomic mass is 10.1. The Balaban J connectivity index is 1.71. The number of aryl methyl sites for hydroxylation is 1. The molecule has 0 spiro atoms. The molecular formula is C18H16BrN3O3. The van der Waals surface area contributed by atoms with Crippen molar-refractivity contribution in [3.63, 3.8) is 0 Å². The Morgan fingerprint density at radius 2 is 2.16 bits per heavy atom.